The monoisotopic (exact) mass is 529 g/mol. The first kappa shape index (κ1) is 26.2. The van der Waals surface area contributed by atoms with E-state index >= 15 is 0 Å². The van der Waals surface area contributed by atoms with E-state index in [4.69, 9.17) is 28.3 Å². The van der Waals surface area contributed by atoms with Crippen molar-refractivity contribution in [3.05, 3.63) is 81.6 Å². The van der Waals surface area contributed by atoms with Crippen LogP contribution < -0.4 is 10.1 Å². The van der Waals surface area contributed by atoms with Gasteiger partial charge >= 0.3 is 12.3 Å². The van der Waals surface area contributed by atoms with E-state index < -0.39 is 35.3 Å². The molecule has 2 unspecified atom stereocenters. The van der Waals surface area contributed by atoms with E-state index in [-0.39, 0.29) is 33.0 Å². The number of aromatic nitrogens is 2. The lowest BCUT2D eigenvalue weighted by molar-refractivity contribution is -0.274. The highest BCUT2D eigenvalue weighted by Gasteiger charge is 2.59. The zero-order valence-corrected chi connectivity index (χ0v) is 19.2. The number of aliphatic hydroxyl groups is 1. The van der Waals surface area contributed by atoms with Gasteiger partial charge in [-0.2, -0.15) is 18.2 Å². The molecule has 0 fully saturated rings. The molecule has 0 saturated heterocycles. The average Bonchev–Trinajstić information content (AvgIpc) is 2.77. The summed E-state index contributed by atoms with van der Waals surface area (Å²) < 4.78 is 46.6. The lowest BCUT2D eigenvalue weighted by atomic mass is 9.78. The summed E-state index contributed by atoms with van der Waals surface area (Å²) in [6.07, 6.45) is -5.66. The summed E-state index contributed by atoms with van der Waals surface area (Å²) in [5.41, 5.74) is -3.99. The van der Waals surface area contributed by atoms with Crippen LogP contribution in [0.1, 0.15) is 34.3 Å². The van der Waals surface area contributed by atoms with Gasteiger partial charge in [0.15, 0.2) is 5.60 Å². The van der Waals surface area contributed by atoms with E-state index in [1.807, 2.05) is 0 Å². The molecule has 0 radical (unpaired) electrons. The van der Waals surface area contributed by atoms with Crippen molar-refractivity contribution in [3.8, 4) is 5.88 Å². The van der Waals surface area contributed by atoms with Crippen LogP contribution in [0.25, 0.3) is 0 Å². The third kappa shape index (κ3) is 5.64. The van der Waals surface area contributed by atoms with Crippen LogP contribution in [-0.2, 0) is 5.60 Å². The Bertz CT molecular complexity index is 1280. The van der Waals surface area contributed by atoms with Crippen LogP contribution in [0.15, 0.2) is 54.7 Å². The molecule has 184 valence electrons. The predicted molar refractivity (Wildman–Crippen MR) is 120 cm³/mol. The SMILES string of the molecule is CC(c1ccc(C(=O)Nc2cccc(OC(=O)O)n2)cc1Cl)C(O)(c1ccnc(Cl)c1)C(F)(F)F. The third-order valence-electron chi connectivity index (χ3n) is 5.11. The number of pyridine rings is 2. The van der Waals surface area contributed by atoms with Crippen molar-refractivity contribution in [2.45, 2.75) is 24.6 Å². The van der Waals surface area contributed by atoms with E-state index in [0.717, 1.165) is 31.3 Å². The van der Waals surface area contributed by atoms with Crippen molar-refractivity contribution in [1.29, 1.82) is 0 Å². The Hall–Kier alpha value is -3.41. The molecule has 0 aliphatic rings. The number of carbonyl (C=O) groups is 2. The molecular formula is C22H16Cl2F3N3O5. The molecule has 2 atom stereocenters. The summed E-state index contributed by atoms with van der Waals surface area (Å²) in [7, 11) is 0. The summed E-state index contributed by atoms with van der Waals surface area (Å²) in [6.45, 7) is 1.14. The highest BCUT2D eigenvalue weighted by atomic mass is 35.5. The summed E-state index contributed by atoms with van der Waals surface area (Å²) in [5, 5.41) is 21.5. The summed E-state index contributed by atoms with van der Waals surface area (Å²) in [5.74, 6) is -2.64. The lowest BCUT2D eigenvalue weighted by Gasteiger charge is -2.37. The van der Waals surface area contributed by atoms with E-state index in [1.165, 1.54) is 30.3 Å². The normalized spacial score (nSPS) is 14.0. The number of carboxylic acid groups (broad SMARTS) is 1. The second-order valence-electron chi connectivity index (χ2n) is 7.27. The molecule has 13 heteroatoms. The van der Waals surface area contributed by atoms with Crippen molar-refractivity contribution in [2.75, 3.05) is 5.32 Å². The predicted octanol–water partition coefficient (Wildman–Crippen LogP) is 5.65. The van der Waals surface area contributed by atoms with Gasteiger partial charge in [-0.05, 0) is 41.5 Å². The maximum atomic E-state index is 14.1. The molecule has 8 nitrogen and oxygen atoms in total. The Labute approximate surface area is 206 Å². The highest BCUT2D eigenvalue weighted by Crippen LogP contribution is 2.50. The quantitative estimate of drug-likeness (QED) is 0.278. The maximum Gasteiger partial charge on any atom is 0.512 e. The van der Waals surface area contributed by atoms with Crippen molar-refractivity contribution >= 4 is 41.1 Å². The minimum absolute atomic E-state index is 0.0280. The molecule has 0 bridgehead atoms. The summed E-state index contributed by atoms with van der Waals surface area (Å²) >= 11 is 12.0. The molecule has 1 aromatic carbocycles. The molecule has 1 amide bonds. The second kappa shape index (κ2) is 10.1. The maximum absolute atomic E-state index is 14.1. The topological polar surface area (TPSA) is 122 Å². The van der Waals surface area contributed by atoms with Gasteiger partial charge in [0.1, 0.15) is 11.0 Å². The number of ether oxygens (including phenoxy) is 1. The van der Waals surface area contributed by atoms with E-state index in [1.54, 1.807) is 0 Å². The fourth-order valence-corrected chi connectivity index (χ4v) is 3.88. The van der Waals surface area contributed by atoms with Gasteiger partial charge in [-0.25, -0.2) is 9.78 Å². The fourth-order valence-electron chi connectivity index (χ4n) is 3.36. The number of halogens is 5. The number of benzene rings is 1. The zero-order chi connectivity index (χ0) is 26.0. The molecule has 0 spiro atoms. The van der Waals surface area contributed by atoms with E-state index in [9.17, 15) is 27.9 Å². The molecule has 0 saturated carbocycles. The van der Waals surface area contributed by atoms with Gasteiger partial charge in [0, 0.05) is 28.8 Å². The number of hydrogen-bond donors (Lipinski definition) is 3. The molecule has 2 aromatic heterocycles. The largest absolute Gasteiger partial charge is 0.512 e. The number of hydrogen-bond acceptors (Lipinski definition) is 6. The van der Waals surface area contributed by atoms with Crippen LogP contribution in [0.3, 0.4) is 0 Å². The van der Waals surface area contributed by atoms with Crippen molar-refractivity contribution in [3.63, 3.8) is 0 Å². The molecule has 35 heavy (non-hydrogen) atoms. The number of amides is 1. The fraction of sp³-hybridized carbons (Fsp3) is 0.182. The lowest BCUT2D eigenvalue weighted by Crippen LogP contribution is -2.46. The Morgan fingerprint density at radius 2 is 1.83 bits per heavy atom. The Kier molecular flexibility index (Phi) is 7.53. The van der Waals surface area contributed by atoms with E-state index in [2.05, 4.69) is 20.0 Å². The zero-order valence-electron chi connectivity index (χ0n) is 17.7. The molecule has 2 heterocycles. The third-order valence-corrected chi connectivity index (χ3v) is 5.65. The van der Waals surface area contributed by atoms with Crippen molar-refractivity contribution in [2.24, 2.45) is 0 Å². The van der Waals surface area contributed by atoms with Crippen molar-refractivity contribution < 1.29 is 37.7 Å². The molecule has 3 rings (SSSR count). The van der Waals surface area contributed by atoms with Crippen LogP contribution in [0.2, 0.25) is 10.2 Å². The molecular weight excluding hydrogens is 514 g/mol. The molecule has 3 N–H and O–H groups in total. The summed E-state index contributed by atoms with van der Waals surface area (Å²) in [4.78, 5) is 30.7. The second-order valence-corrected chi connectivity index (χ2v) is 8.07. The number of alkyl halides is 3. The molecule has 0 aliphatic carbocycles. The van der Waals surface area contributed by atoms with Gasteiger partial charge in [-0.1, -0.05) is 42.3 Å². The first-order chi connectivity index (χ1) is 16.3. The van der Waals surface area contributed by atoms with Crippen LogP contribution in [0, 0.1) is 0 Å². The van der Waals surface area contributed by atoms with Crippen LogP contribution in [0.4, 0.5) is 23.8 Å². The standard InChI is InChI=1S/C22H16Cl2F3N3O5/c1-11(21(34,22(25,26)27)13-7-8-28-16(24)10-13)14-6-5-12(9-15(14)23)19(31)30-17-3-2-4-18(29-17)35-20(32)33/h2-11,34H,1H3,(H,32,33)(H,29,30,31). The van der Waals surface area contributed by atoms with Crippen molar-refractivity contribution in [1.82, 2.24) is 9.97 Å². The first-order valence-corrected chi connectivity index (χ1v) is 10.5. The summed E-state index contributed by atoms with van der Waals surface area (Å²) in [6, 6.07) is 9.48. The van der Waals surface area contributed by atoms with Gasteiger partial charge in [-0.15, -0.1) is 0 Å². The van der Waals surface area contributed by atoms with Gasteiger partial charge < -0.3 is 20.3 Å². The van der Waals surface area contributed by atoms with Gasteiger partial charge in [0.05, 0.1) is 0 Å². The Morgan fingerprint density at radius 1 is 1.11 bits per heavy atom. The number of nitrogens with one attached hydrogen (secondary N) is 1. The van der Waals surface area contributed by atoms with Crippen LogP contribution in [0.5, 0.6) is 5.88 Å². The van der Waals surface area contributed by atoms with Gasteiger partial charge in [-0.3, -0.25) is 4.79 Å². The first-order valence-electron chi connectivity index (χ1n) is 9.72. The smallest absolute Gasteiger partial charge is 0.449 e. The molecule has 3 aromatic rings. The number of rotatable bonds is 6. The van der Waals surface area contributed by atoms with Gasteiger partial charge in [0.2, 0.25) is 5.88 Å². The van der Waals surface area contributed by atoms with Crippen LogP contribution in [-0.4, -0.2) is 38.4 Å². The number of nitrogens with zero attached hydrogens (tertiary/aromatic N) is 2. The average molecular weight is 530 g/mol. The highest BCUT2D eigenvalue weighted by molar-refractivity contribution is 6.32. The minimum atomic E-state index is -5.11. The van der Waals surface area contributed by atoms with Crippen LogP contribution >= 0.6 is 23.2 Å². The number of anilines is 1. The molecule has 0 aliphatic heterocycles. The van der Waals surface area contributed by atoms with Gasteiger partial charge in [0.25, 0.3) is 5.91 Å². The number of carbonyl (C=O) groups excluding carboxylic acids is 1. The Balaban J connectivity index is 1.90. The minimum Gasteiger partial charge on any atom is -0.449 e. The van der Waals surface area contributed by atoms with E-state index in [0.29, 0.717) is 0 Å². The Morgan fingerprint density at radius 3 is 2.43 bits per heavy atom.